The molecule has 4 nitrogen and oxygen atoms in total. The molecular formula is C18H20F3N3O. The Morgan fingerprint density at radius 1 is 1.16 bits per heavy atom. The van der Waals surface area contributed by atoms with E-state index in [2.05, 4.69) is 10.6 Å². The minimum atomic E-state index is -4.17. The molecule has 2 aromatic carbocycles. The van der Waals surface area contributed by atoms with E-state index in [1.54, 1.807) is 0 Å². The number of anilines is 1. The third kappa shape index (κ3) is 5.09. The molecule has 0 aromatic heterocycles. The van der Waals surface area contributed by atoms with Crippen LogP contribution in [0, 0.1) is 5.92 Å². The summed E-state index contributed by atoms with van der Waals surface area (Å²) in [6.45, 7) is 0.258. The van der Waals surface area contributed by atoms with E-state index in [4.69, 9.17) is 0 Å². The van der Waals surface area contributed by atoms with Gasteiger partial charge in [-0.3, -0.25) is 4.90 Å². The Bertz CT molecular complexity index is 748. The highest BCUT2D eigenvalue weighted by Gasteiger charge is 2.34. The van der Waals surface area contributed by atoms with E-state index in [0.717, 1.165) is 10.8 Å². The smallest absolute Gasteiger partial charge is 0.338 e. The molecule has 1 fully saturated rings. The van der Waals surface area contributed by atoms with Crippen LogP contribution in [0.15, 0.2) is 42.5 Å². The number of hydrogen-bond donors (Lipinski definition) is 2. The van der Waals surface area contributed by atoms with Gasteiger partial charge in [-0.15, -0.1) is 0 Å². The SMILES string of the molecule is O=C(NCC1CCN(CC(F)(F)F)C1)Nc1ccc2ccccc2c1. The number of benzene rings is 2. The standard InChI is InChI=1S/C18H20F3N3O/c19-18(20,21)12-24-8-7-13(11-24)10-22-17(25)23-16-6-5-14-3-1-2-4-15(14)9-16/h1-6,9,13H,7-8,10-12H2,(H2,22,23,25). The Kier molecular flexibility index (Phi) is 5.13. The van der Waals surface area contributed by atoms with Crippen LogP contribution in [-0.2, 0) is 0 Å². The predicted octanol–water partition coefficient (Wildman–Crippen LogP) is 3.85. The Balaban J connectivity index is 1.46. The van der Waals surface area contributed by atoms with Gasteiger partial charge in [0.05, 0.1) is 6.54 Å². The maximum absolute atomic E-state index is 12.4. The molecule has 1 atom stereocenters. The van der Waals surface area contributed by atoms with Gasteiger partial charge >= 0.3 is 12.2 Å². The molecule has 7 heteroatoms. The number of amides is 2. The van der Waals surface area contributed by atoms with Crippen molar-refractivity contribution in [2.75, 3.05) is 31.5 Å². The zero-order valence-corrected chi connectivity index (χ0v) is 13.6. The maximum Gasteiger partial charge on any atom is 0.401 e. The van der Waals surface area contributed by atoms with Crippen molar-refractivity contribution in [3.05, 3.63) is 42.5 Å². The van der Waals surface area contributed by atoms with Gasteiger partial charge in [0.25, 0.3) is 0 Å². The first-order chi connectivity index (χ1) is 11.9. The van der Waals surface area contributed by atoms with E-state index in [1.807, 2.05) is 42.5 Å². The zero-order chi connectivity index (χ0) is 17.9. The first-order valence-corrected chi connectivity index (χ1v) is 8.22. The quantitative estimate of drug-likeness (QED) is 0.879. The predicted molar refractivity (Wildman–Crippen MR) is 91.6 cm³/mol. The third-order valence-corrected chi connectivity index (χ3v) is 4.33. The fourth-order valence-electron chi connectivity index (χ4n) is 3.16. The lowest BCUT2D eigenvalue weighted by Gasteiger charge is -2.18. The molecule has 1 aliphatic heterocycles. The van der Waals surface area contributed by atoms with Gasteiger partial charge < -0.3 is 10.6 Å². The Morgan fingerprint density at radius 3 is 2.68 bits per heavy atom. The molecule has 134 valence electrons. The van der Waals surface area contributed by atoms with Crippen LogP contribution in [0.1, 0.15) is 6.42 Å². The van der Waals surface area contributed by atoms with Crippen molar-refractivity contribution < 1.29 is 18.0 Å². The van der Waals surface area contributed by atoms with Gasteiger partial charge in [0.2, 0.25) is 0 Å². The molecule has 2 aromatic rings. The summed E-state index contributed by atoms with van der Waals surface area (Å²) in [6.07, 6.45) is -3.51. The molecule has 25 heavy (non-hydrogen) atoms. The summed E-state index contributed by atoms with van der Waals surface area (Å²) in [7, 11) is 0. The fraction of sp³-hybridized carbons (Fsp3) is 0.389. The van der Waals surface area contributed by atoms with Gasteiger partial charge in [0.15, 0.2) is 0 Å². The van der Waals surface area contributed by atoms with Gasteiger partial charge in [0, 0.05) is 18.8 Å². The molecular weight excluding hydrogens is 331 g/mol. The highest BCUT2D eigenvalue weighted by atomic mass is 19.4. The van der Waals surface area contributed by atoms with Crippen LogP contribution in [0.2, 0.25) is 0 Å². The lowest BCUT2D eigenvalue weighted by molar-refractivity contribution is -0.143. The first-order valence-electron chi connectivity index (χ1n) is 8.22. The molecule has 1 saturated heterocycles. The van der Waals surface area contributed by atoms with E-state index in [9.17, 15) is 18.0 Å². The van der Waals surface area contributed by atoms with Crippen LogP contribution in [0.4, 0.5) is 23.7 Å². The van der Waals surface area contributed by atoms with Crippen LogP contribution in [0.5, 0.6) is 0 Å². The van der Waals surface area contributed by atoms with Crippen molar-refractivity contribution in [3.8, 4) is 0 Å². The van der Waals surface area contributed by atoms with Crippen LogP contribution in [-0.4, -0.2) is 43.3 Å². The van der Waals surface area contributed by atoms with Crippen LogP contribution in [0.25, 0.3) is 10.8 Å². The minimum absolute atomic E-state index is 0.0460. The summed E-state index contributed by atoms with van der Waals surface area (Å²) < 4.78 is 37.1. The van der Waals surface area contributed by atoms with Crippen molar-refractivity contribution in [1.29, 1.82) is 0 Å². The van der Waals surface area contributed by atoms with Gasteiger partial charge in [-0.05, 0) is 41.8 Å². The van der Waals surface area contributed by atoms with E-state index >= 15 is 0 Å². The normalized spacial score (nSPS) is 18.4. The topological polar surface area (TPSA) is 44.4 Å². The number of nitrogens with one attached hydrogen (secondary N) is 2. The summed E-state index contributed by atoms with van der Waals surface area (Å²) in [5, 5.41) is 7.62. The average molecular weight is 351 g/mol. The number of nitrogens with zero attached hydrogens (tertiary/aromatic N) is 1. The van der Waals surface area contributed by atoms with Crippen LogP contribution < -0.4 is 10.6 Å². The third-order valence-electron chi connectivity index (χ3n) is 4.33. The number of fused-ring (bicyclic) bond motifs is 1. The molecule has 2 N–H and O–H groups in total. The van der Waals surface area contributed by atoms with Crippen molar-refractivity contribution in [2.24, 2.45) is 5.92 Å². The largest absolute Gasteiger partial charge is 0.401 e. The van der Waals surface area contributed by atoms with Gasteiger partial charge in [-0.2, -0.15) is 13.2 Å². The van der Waals surface area contributed by atoms with E-state index in [1.165, 1.54) is 4.90 Å². The fourth-order valence-corrected chi connectivity index (χ4v) is 3.16. The van der Waals surface area contributed by atoms with E-state index in [-0.39, 0.29) is 11.9 Å². The highest BCUT2D eigenvalue weighted by Crippen LogP contribution is 2.22. The van der Waals surface area contributed by atoms with Crippen molar-refractivity contribution >= 4 is 22.5 Å². The molecule has 1 unspecified atom stereocenters. The highest BCUT2D eigenvalue weighted by molar-refractivity contribution is 5.93. The Labute approximate surface area is 144 Å². The molecule has 0 spiro atoms. The lowest BCUT2D eigenvalue weighted by atomic mass is 10.1. The molecule has 3 rings (SSSR count). The minimum Gasteiger partial charge on any atom is -0.338 e. The summed E-state index contributed by atoms with van der Waals surface area (Å²) >= 11 is 0. The number of urea groups is 1. The number of carbonyl (C=O) groups is 1. The number of rotatable bonds is 4. The van der Waals surface area contributed by atoms with Crippen molar-refractivity contribution in [3.63, 3.8) is 0 Å². The van der Waals surface area contributed by atoms with Gasteiger partial charge in [-0.1, -0.05) is 30.3 Å². The summed E-state index contributed by atoms with van der Waals surface area (Å²) in [5.41, 5.74) is 0.682. The molecule has 0 bridgehead atoms. The zero-order valence-electron chi connectivity index (χ0n) is 13.6. The van der Waals surface area contributed by atoms with Crippen LogP contribution in [0.3, 0.4) is 0 Å². The van der Waals surface area contributed by atoms with Gasteiger partial charge in [-0.25, -0.2) is 4.79 Å². The number of hydrogen-bond acceptors (Lipinski definition) is 2. The number of alkyl halides is 3. The Hall–Kier alpha value is -2.28. The van der Waals surface area contributed by atoms with E-state index < -0.39 is 12.7 Å². The molecule has 0 aliphatic carbocycles. The summed E-state index contributed by atoms with van der Waals surface area (Å²) in [4.78, 5) is 13.4. The molecule has 0 saturated carbocycles. The number of carbonyl (C=O) groups excluding carboxylic acids is 1. The number of halogens is 3. The van der Waals surface area contributed by atoms with Crippen LogP contribution >= 0.6 is 0 Å². The monoisotopic (exact) mass is 351 g/mol. The molecule has 1 heterocycles. The summed E-state index contributed by atoms with van der Waals surface area (Å²) in [5.74, 6) is 0.0460. The number of likely N-dealkylation sites (tertiary alicyclic amines) is 1. The Morgan fingerprint density at radius 2 is 1.92 bits per heavy atom. The second-order valence-corrected chi connectivity index (χ2v) is 6.40. The summed E-state index contributed by atoms with van der Waals surface area (Å²) in [6, 6.07) is 13.1. The second-order valence-electron chi connectivity index (χ2n) is 6.40. The van der Waals surface area contributed by atoms with Gasteiger partial charge in [0.1, 0.15) is 0 Å². The average Bonchev–Trinajstić information content (AvgIpc) is 2.98. The molecule has 1 aliphatic rings. The second kappa shape index (κ2) is 7.31. The van der Waals surface area contributed by atoms with Crippen molar-refractivity contribution in [1.82, 2.24) is 10.2 Å². The molecule has 0 radical (unpaired) electrons. The van der Waals surface area contributed by atoms with E-state index in [0.29, 0.717) is 31.7 Å². The maximum atomic E-state index is 12.4. The first kappa shape index (κ1) is 17.5. The van der Waals surface area contributed by atoms with Crippen molar-refractivity contribution in [2.45, 2.75) is 12.6 Å². The molecule has 2 amide bonds. The lowest BCUT2D eigenvalue weighted by Crippen LogP contribution is -2.36.